The van der Waals surface area contributed by atoms with Crippen molar-refractivity contribution >= 4 is 11.7 Å². The van der Waals surface area contributed by atoms with Gasteiger partial charge in [0, 0.05) is 31.4 Å². The summed E-state index contributed by atoms with van der Waals surface area (Å²) in [5.74, 6) is -0.306. The van der Waals surface area contributed by atoms with E-state index in [1.807, 2.05) is 12.1 Å². The maximum absolute atomic E-state index is 10.8. The molecule has 1 aromatic carbocycles. The summed E-state index contributed by atoms with van der Waals surface area (Å²) in [4.78, 5) is 13.2. The predicted octanol–water partition coefficient (Wildman–Crippen LogP) is 1.82. The highest BCUT2D eigenvalue weighted by Gasteiger charge is 2.24. The molecule has 4 nitrogen and oxygen atoms in total. The summed E-state index contributed by atoms with van der Waals surface area (Å²) >= 11 is 0. The number of piperazine rings is 1. The largest absolute Gasteiger partial charge is 0.478 e. The smallest absolute Gasteiger partial charge is 0.335 e. The van der Waals surface area contributed by atoms with Crippen LogP contribution >= 0.6 is 0 Å². The average molecular weight is 248 g/mol. The van der Waals surface area contributed by atoms with E-state index in [0.29, 0.717) is 17.5 Å². The van der Waals surface area contributed by atoms with Gasteiger partial charge in [-0.25, -0.2) is 4.79 Å². The van der Waals surface area contributed by atoms with Gasteiger partial charge in [-0.2, -0.15) is 0 Å². The fraction of sp³-hybridized carbons (Fsp3) is 0.500. The molecule has 1 aliphatic rings. The Bertz CT molecular complexity index is 414. The van der Waals surface area contributed by atoms with E-state index in [2.05, 4.69) is 24.1 Å². The summed E-state index contributed by atoms with van der Waals surface area (Å²) in [7, 11) is 0. The second kappa shape index (κ2) is 5.40. The van der Waals surface area contributed by atoms with Crippen LogP contribution in [0.4, 0.5) is 5.69 Å². The van der Waals surface area contributed by atoms with Crippen LogP contribution in [-0.2, 0) is 0 Å². The van der Waals surface area contributed by atoms with Crippen molar-refractivity contribution in [2.75, 3.05) is 24.5 Å². The van der Waals surface area contributed by atoms with E-state index in [1.54, 1.807) is 12.1 Å². The molecule has 0 saturated carbocycles. The minimum absolute atomic E-state index is 0.343. The number of hydrogen-bond acceptors (Lipinski definition) is 3. The summed E-state index contributed by atoms with van der Waals surface area (Å²) in [6, 6.07) is 7.64. The zero-order chi connectivity index (χ0) is 13.1. The van der Waals surface area contributed by atoms with E-state index >= 15 is 0 Å². The van der Waals surface area contributed by atoms with Crippen molar-refractivity contribution in [3.8, 4) is 0 Å². The summed E-state index contributed by atoms with van der Waals surface area (Å²) in [5.41, 5.74) is 1.45. The van der Waals surface area contributed by atoms with Gasteiger partial charge in [0.05, 0.1) is 5.56 Å². The Morgan fingerprint density at radius 1 is 1.39 bits per heavy atom. The molecular formula is C14H20N2O2. The molecule has 1 heterocycles. The molecule has 2 N–H and O–H groups in total. The van der Waals surface area contributed by atoms with Crippen LogP contribution in [0.25, 0.3) is 0 Å². The van der Waals surface area contributed by atoms with Crippen molar-refractivity contribution in [2.24, 2.45) is 5.92 Å². The number of aromatic carboxylic acids is 1. The zero-order valence-electron chi connectivity index (χ0n) is 10.9. The highest BCUT2D eigenvalue weighted by molar-refractivity contribution is 5.88. The fourth-order valence-corrected chi connectivity index (χ4v) is 2.44. The maximum atomic E-state index is 10.8. The Hall–Kier alpha value is -1.55. The zero-order valence-corrected chi connectivity index (χ0v) is 10.9. The first-order valence-corrected chi connectivity index (χ1v) is 6.40. The van der Waals surface area contributed by atoms with E-state index in [0.717, 1.165) is 25.3 Å². The molecular weight excluding hydrogens is 228 g/mol. The van der Waals surface area contributed by atoms with Crippen molar-refractivity contribution in [1.82, 2.24) is 5.32 Å². The summed E-state index contributed by atoms with van der Waals surface area (Å²) < 4.78 is 0. The van der Waals surface area contributed by atoms with Crippen LogP contribution in [0, 0.1) is 5.92 Å². The average Bonchev–Trinajstić information content (AvgIpc) is 2.39. The van der Waals surface area contributed by atoms with E-state index in [1.165, 1.54) is 0 Å². The first-order valence-electron chi connectivity index (χ1n) is 6.40. The summed E-state index contributed by atoms with van der Waals surface area (Å²) in [6.07, 6.45) is 0. The molecule has 0 amide bonds. The predicted molar refractivity (Wildman–Crippen MR) is 72.2 cm³/mol. The van der Waals surface area contributed by atoms with Gasteiger partial charge in [0.25, 0.3) is 0 Å². The normalized spacial score (nSPS) is 20.2. The second-order valence-electron chi connectivity index (χ2n) is 5.06. The third-order valence-corrected chi connectivity index (χ3v) is 3.50. The number of rotatable bonds is 3. The number of nitrogens with zero attached hydrogens (tertiary/aromatic N) is 1. The van der Waals surface area contributed by atoms with Gasteiger partial charge >= 0.3 is 5.97 Å². The minimum Gasteiger partial charge on any atom is -0.478 e. The lowest BCUT2D eigenvalue weighted by molar-refractivity contribution is 0.0697. The molecule has 1 fully saturated rings. The number of carboxylic acid groups (broad SMARTS) is 1. The molecule has 0 bridgehead atoms. The molecule has 1 atom stereocenters. The molecule has 0 aromatic heterocycles. The van der Waals surface area contributed by atoms with Crippen LogP contribution in [0.15, 0.2) is 24.3 Å². The third-order valence-electron chi connectivity index (χ3n) is 3.50. The number of carboxylic acids is 1. The Morgan fingerprint density at radius 3 is 2.61 bits per heavy atom. The minimum atomic E-state index is -0.873. The quantitative estimate of drug-likeness (QED) is 0.856. The van der Waals surface area contributed by atoms with Crippen molar-refractivity contribution in [3.05, 3.63) is 29.8 Å². The van der Waals surface area contributed by atoms with Crippen LogP contribution in [0.3, 0.4) is 0 Å². The van der Waals surface area contributed by atoms with Crippen molar-refractivity contribution < 1.29 is 9.90 Å². The van der Waals surface area contributed by atoms with Crippen LogP contribution in [0.2, 0.25) is 0 Å². The number of carbonyl (C=O) groups is 1. The molecule has 1 saturated heterocycles. The lowest BCUT2D eigenvalue weighted by Gasteiger charge is -2.40. The van der Waals surface area contributed by atoms with Crippen LogP contribution in [0.1, 0.15) is 24.2 Å². The molecule has 98 valence electrons. The molecule has 0 unspecified atom stereocenters. The summed E-state index contributed by atoms with van der Waals surface area (Å²) in [6.45, 7) is 7.37. The van der Waals surface area contributed by atoms with Crippen LogP contribution < -0.4 is 10.2 Å². The van der Waals surface area contributed by atoms with Crippen molar-refractivity contribution in [2.45, 2.75) is 19.9 Å². The molecule has 0 radical (unpaired) electrons. The Kier molecular flexibility index (Phi) is 3.87. The molecule has 2 rings (SSSR count). The molecule has 4 heteroatoms. The highest BCUT2D eigenvalue weighted by atomic mass is 16.4. The third kappa shape index (κ3) is 2.64. The summed E-state index contributed by atoms with van der Waals surface area (Å²) in [5, 5.41) is 12.3. The van der Waals surface area contributed by atoms with Crippen molar-refractivity contribution in [1.29, 1.82) is 0 Å². The van der Waals surface area contributed by atoms with Gasteiger partial charge in [0.2, 0.25) is 0 Å². The molecule has 18 heavy (non-hydrogen) atoms. The van der Waals surface area contributed by atoms with E-state index < -0.39 is 5.97 Å². The number of nitrogens with one attached hydrogen (secondary N) is 1. The standard InChI is InChI=1S/C14H20N2O2/c1-10(2)13-9-15-7-8-16(13)12-5-3-11(4-6-12)14(17)18/h3-6,10,13,15H,7-9H2,1-2H3,(H,17,18)/t13-/m0/s1. The van der Waals surface area contributed by atoms with Gasteiger partial charge < -0.3 is 15.3 Å². The van der Waals surface area contributed by atoms with Gasteiger partial charge in [-0.3, -0.25) is 0 Å². The number of anilines is 1. The molecule has 1 aromatic rings. The number of benzene rings is 1. The molecule has 0 spiro atoms. The number of hydrogen-bond donors (Lipinski definition) is 2. The Labute approximate surface area is 108 Å². The topological polar surface area (TPSA) is 52.6 Å². The van der Waals surface area contributed by atoms with Gasteiger partial charge in [-0.05, 0) is 30.2 Å². The maximum Gasteiger partial charge on any atom is 0.335 e. The van der Waals surface area contributed by atoms with E-state index in [-0.39, 0.29) is 0 Å². The van der Waals surface area contributed by atoms with E-state index in [4.69, 9.17) is 5.11 Å². The van der Waals surface area contributed by atoms with E-state index in [9.17, 15) is 4.79 Å². The van der Waals surface area contributed by atoms with Gasteiger partial charge in [-0.1, -0.05) is 13.8 Å². The SMILES string of the molecule is CC(C)[C@@H]1CNCCN1c1ccc(C(=O)O)cc1. The van der Waals surface area contributed by atoms with Gasteiger partial charge in [0.1, 0.15) is 0 Å². The Balaban J connectivity index is 2.20. The Morgan fingerprint density at radius 2 is 2.06 bits per heavy atom. The lowest BCUT2D eigenvalue weighted by Crippen LogP contribution is -2.53. The fourth-order valence-electron chi connectivity index (χ4n) is 2.44. The van der Waals surface area contributed by atoms with Crippen molar-refractivity contribution in [3.63, 3.8) is 0 Å². The molecule has 1 aliphatic heterocycles. The lowest BCUT2D eigenvalue weighted by atomic mass is 9.99. The first kappa shape index (κ1) is 12.9. The van der Waals surface area contributed by atoms with Gasteiger partial charge in [-0.15, -0.1) is 0 Å². The van der Waals surface area contributed by atoms with Gasteiger partial charge in [0.15, 0.2) is 0 Å². The second-order valence-corrected chi connectivity index (χ2v) is 5.06. The first-order chi connectivity index (χ1) is 8.59. The van der Waals surface area contributed by atoms with Crippen LogP contribution in [-0.4, -0.2) is 36.8 Å². The highest BCUT2D eigenvalue weighted by Crippen LogP contribution is 2.22. The molecule has 0 aliphatic carbocycles. The monoisotopic (exact) mass is 248 g/mol. The van der Waals surface area contributed by atoms with Crippen LogP contribution in [0.5, 0.6) is 0 Å².